The van der Waals surface area contributed by atoms with Crippen molar-refractivity contribution in [3.05, 3.63) is 36.0 Å². The largest absolute Gasteiger partial charge is 0.375 e. The maximum atomic E-state index is 13.2. The van der Waals surface area contributed by atoms with E-state index < -0.39 is 0 Å². The Morgan fingerprint density at radius 3 is 2.62 bits per heavy atom. The first-order chi connectivity index (χ1) is 15.5. The molecule has 6 heteroatoms. The number of likely N-dealkylation sites (tertiary alicyclic amines) is 1. The van der Waals surface area contributed by atoms with E-state index in [1.807, 2.05) is 35.4 Å². The van der Waals surface area contributed by atoms with E-state index in [1.165, 1.54) is 32.7 Å². The second-order valence-corrected chi connectivity index (χ2v) is 10.4. The fourth-order valence-electron chi connectivity index (χ4n) is 6.03. The molecule has 1 spiro atoms. The van der Waals surface area contributed by atoms with Crippen LogP contribution >= 0.6 is 0 Å². The van der Waals surface area contributed by atoms with Crippen LogP contribution in [0, 0.1) is 5.92 Å². The number of aromatic nitrogens is 1. The molecule has 3 saturated heterocycles. The molecule has 1 amide bonds. The average molecular weight is 439 g/mol. The molecule has 32 heavy (non-hydrogen) atoms. The van der Waals surface area contributed by atoms with Gasteiger partial charge in [0.05, 0.1) is 11.2 Å². The summed E-state index contributed by atoms with van der Waals surface area (Å²) in [7, 11) is 0. The number of carbonyl (C=O) groups excluding carboxylic acids is 1. The number of hydrogen-bond donors (Lipinski definition) is 1. The Morgan fingerprint density at radius 1 is 1.12 bits per heavy atom. The van der Waals surface area contributed by atoms with Crippen LogP contribution in [0.4, 0.5) is 0 Å². The van der Waals surface area contributed by atoms with Gasteiger partial charge in [-0.2, -0.15) is 0 Å². The maximum absolute atomic E-state index is 13.2. The van der Waals surface area contributed by atoms with Gasteiger partial charge in [-0.3, -0.25) is 9.69 Å². The Hall–Kier alpha value is -1.89. The van der Waals surface area contributed by atoms with Crippen LogP contribution in [0.15, 0.2) is 30.5 Å². The summed E-state index contributed by atoms with van der Waals surface area (Å²) in [4.78, 5) is 23.8. The van der Waals surface area contributed by atoms with Crippen molar-refractivity contribution in [1.82, 2.24) is 19.7 Å². The van der Waals surface area contributed by atoms with Gasteiger partial charge in [-0.25, -0.2) is 0 Å². The highest BCUT2D eigenvalue weighted by Gasteiger charge is 2.43. The lowest BCUT2D eigenvalue weighted by Gasteiger charge is -2.49. The second-order valence-electron chi connectivity index (χ2n) is 10.4. The predicted octanol–water partition coefficient (Wildman–Crippen LogP) is 3.60. The van der Waals surface area contributed by atoms with Crippen molar-refractivity contribution in [1.29, 1.82) is 0 Å². The van der Waals surface area contributed by atoms with E-state index in [9.17, 15) is 4.79 Å². The molecular formula is C26H38N4O2. The number of para-hydroxylation sites is 1. The number of nitrogens with one attached hydrogen (secondary N) is 1. The van der Waals surface area contributed by atoms with Gasteiger partial charge in [0.25, 0.3) is 5.91 Å². The highest BCUT2D eigenvalue weighted by atomic mass is 16.5. The van der Waals surface area contributed by atoms with E-state index in [0.29, 0.717) is 6.04 Å². The van der Waals surface area contributed by atoms with E-state index in [4.69, 9.17) is 4.74 Å². The van der Waals surface area contributed by atoms with Crippen LogP contribution in [0.3, 0.4) is 0 Å². The minimum absolute atomic E-state index is 0.0466. The summed E-state index contributed by atoms with van der Waals surface area (Å²) in [6, 6.07) is 8.67. The first-order valence-electron chi connectivity index (χ1n) is 12.5. The summed E-state index contributed by atoms with van der Waals surface area (Å²) in [5.74, 6) is 0.885. The standard InChI is InChI=1S/C26H38N4O2/c1-20(2)19-28-12-14-29(15-13-28)21-7-16-32-26(17-21)8-10-30(11-9-26)25(31)23-18-27-24-6-4-3-5-22(23)24/h3-6,18,20-21,27H,7-17,19H2,1-2H3/t21-/m0/s1. The number of ether oxygens (including phenoxy) is 1. The average Bonchev–Trinajstić information content (AvgIpc) is 3.24. The lowest BCUT2D eigenvalue weighted by molar-refractivity contribution is -0.132. The summed E-state index contributed by atoms with van der Waals surface area (Å²) in [5.41, 5.74) is 1.77. The van der Waals surface area contributed by atoms with Crippen molar-refractivity contribution in [2.24, 2.45) is 5.92 Å². The molecule has 0 unspecified atom stereocenters. The smallest absolute Gasteiger partial charge is 0.256 e. The molecule has 174 valence electrons. The first kappa shape index (κ1) is 21.9. The number of hydrogen-bond acceptors (Lipinski definition) is 4. The van der Waals surface area contributed by atoms with Gasteiger partial charge in [-0.1, -0.05) is 32.0 Å². The zero-order chi connectivity index (χ0) is 22.1. The van der Waals surface area contributed by atoms with Gasteiger partial charge in [-0.05, 0) is 37.7 Å². The van der Waals surface area contributed by atoms with Gasteiger partial charge in [0.15, 0.2) is 0 Å². The van der Waals surface area contributed by atoms with E-state index in [-0.39, 0.29) is 11.5 Å². The van der Waals surface area contributed by atoms with Crippen LogP contribution in [0.1, 0.15) is 49.9 Å². The van der Waals surface area contributed by atoms with E-state index in [2.05, 4.69) is 28.6 Å². The number of carbonyl (C=O) groups is 1. The van der Waals surface area contributed by atoms with Gasteiger partial charge in [0.2, 0.25) is 0 Å². The number of rotatable bonds is 4. The molecule has 1 aromatic carbocycles. The molecule has 2 aromatic rings. The molecule has 0 bridgehead atoms. The van der Waals surface area contributed by atoms with Gasteiger partial charge >= 0.3 is 0 Å². The topological polar surface area (TPSA) is 51.8 Å². The van der Waals surface area contributed by atoms with Crippen LogP contribution < -0.4 is 0 Å². The summed E-state index contributed by atoms with van der Waals surface area (Å²) in [6.07, 6.45) is 6.02. The van der Waals surface area contributed by atoms with E-state index >= 15 is 0 Å². The first-order valence-corrected chi connectivity index (χ1v) is 12.5. The van der Waals surface area contributed by atoms with Gasteiger partial charge in [0.1, 0.15) is 0 Å². The Balaban J connectivity index is 1.17. The maximum Gasteiger partial charge on any atom is 0.256 e. The highest BCUT2D eigenvalue weighted by molar-refractivity contribution is 6.06. The van der Waals surface area contributed by atoms with E-state index in [0.717, 1.165) is 67.8 Å². The molecule has 0 saturated carbocycles. The van der Waals surface area contributed by atoms with Crippen molar-refractivity contribution >= 4 is 16.8 Å². The number of piperazine rings is 1. The minimum Gasteiger partial charge on any atom is -0.375 e. The van der Waals surface area contributed by atoms with Crippen molar-refractivity contribution < 1.29 is 9.53 Å². The number of nitrogens with zero attached hydrogens (tertiary/aromatic N) is 3. The van der Waals surface area contributed by atoms with Crippen LogP contribution in [-0.2, 0) is 4.74 Å². The molecule has 5 rings (SSSR count). The summed E-state index contributed by atoms with van der Waals surface area (Å²) in [6.45, 7) is 13.0. The third kappa shape index (κ3) is 4.45. The van der Waals surface area contributed by atoms with Gasteiger partial charge < -0.3 is 19.5 Å². The van der Waals surface area contributed by atoms with Gasteiger partial charge in [-0.15, -0.1) is 0 Å². The number of piperidine rings is 1. The third-order valence-corrected chi connectivity index (χ3v) is 7.80. The van der Waals surface area contributed by atoms with Crippen molar-refractivity contribution in [3.8, 4) is 0 Å². The van der Waals surface area contributed by atoms with E-state index in [1.54, 1.807) is 0 Å². The fourth-order valence-corrected chi connectivity index (χ4v) is 6.03. The van der Waals surface area contributed by atoms with Gasteiger partial charge in [0, 0.05) is 75.6 Å². The number of H-pyrrole nitrogens is 1. The summed E-state index contributed by atoms with van der Waals surface area (Å²) in [5, 5.41) is 1.02. The SMILES string of the molecule is CC(C)CN1CCN([C@H]2CCOC3(CCN(C(=O)c4c[nH]c5ccccc45)CC3)C2)CC1. The highest BCUT2D eigenvalue weighted by Crippen LogP contribution is 2.37. The Kier molecular flexibility index (Phi) is 6.28. The molecule has 1 N–H and O–H groups in total. The Labute approximate surface area is 191 Å². The summed E-state index contributed by atoms with van der Waals surface area (Å²) < 4.78 is 6.41. The lowest BCUT2D eigenvalue weighted by Crippen LogP contribution is -2.57. The molecule has 0 aliphatic carbocycles. The summed E-state index contributed by atoms with van der Waals surface area (Å²) >= 11 is 0. The third-order valence-electron chi connectivity index (χ3n) is 7.80. The van der Waals surface area contributed by atoms with Crippen LogP contribution in [-0.4, -0.2) is 89.7 Å². The Morgan fingerprint density at radius 2 is 1.88 bits per heavy atom. The molecule has 4 heterocycles. The van der Waals surface area contributed by atoms with Crippen molar-refractivity contribution in [3.63, 3.8) is 0 Å². The normalized spacial score (nSPS) is 25.1. The molecule has 3 aliphatic heterocycles. The zero-order valence-corrected chi connectivity index (χ0v) is 19.7. The quantitative estimate of drug-likeness (QED) is 0.793. The fraction of sp³-hybridized carbons (Fsp3) is 0.654. The van der Waals surface area contributed by atoms with Crippen LogP contribution in [0.2, 0.25) is 0 Å². The molecule has 6 nitrogen and oxygen atoms in total. The predicted molar refractivity (Wildman–Crippen MR) is 128 cm³/mol. The van der Waals surface area contributed by atoms with Crippen LogP contribution in [0.5, 0.6) is 0 Å². The number of aromatic amines is 1. The zero-order valence-electron chi connectivity index (χ0n) is 19.7. The number of amides is 1. The molecule has 3 fully saturated rings. The number of fused-ring (bicyclic) bond motifs is 1. The monoisotopic (exact) mass is 438 g/mol. The molecule has 0 radical (unpaired) electrons. The van der Waals surface area contributed by atoms with Crippen molar-refractivity contribution in [2.75, 3.05) is 52.4 Å². The molecular weight excluding hydrogens is 400 g/mol. The lowest BCUT2D eigenvalue weighted by atomic mass is 9.81. The molecule has 1 aromatic heterocycles. The van der Waals surface area contributed by atoms with Crippen LogP contribution in [0.25, 0.3) is 10.9 Å². The Bertz CT molecular complexity index is 923. The van der Waals surface area contributed by atoms with Crippen molar-refractivity contribution in [2.45, 2.75) is 51.2 Å². The second kappa shape index (κ2) is 9.16. The molecule has 3 aliphatic rings. The molecule has 1 atom stereocenters. The minimum atomic E-state index is -0.0466. The number of benzene rings is 1.